The zero-order valence-electron chi connectivity index (χ0n) is 10.0. The number of hydrogen-bond acceptors (Lipinski definition) is 3. The molecule has 0 amide bonds. The first-order valence-corrected chi connectivity index (χ1v) is 6.78. The molecule has 0 unspecified atom stereocenters. The minimum atomic E-state index is -4.35. The molecule has 0 radical (unpaired) electrons. The lowest BCUT2D eigenvalue weighted by Crippen LogP contribution is -2.14. The van der Waals surface area contributed by atoms with Crippen molar-refractivity contribution in [1.82, 2.24) is 4.98 Å². The minimum Gasteiger partial charge on any atom is -0.477 e. The van der Waals surface area contributed by atoms with E-state index in [1.165, 1.54) is 0 Å². The summed E-state index contributed by atoms with van der Waals surface area (Å²) in [7, 11) is -4.35. The largest absolute Gasteiger partial charge is 0.477 e. The second-order valence-electron chi connectivity index (χ2n) is 3.91. The van der Waals surface area contributed by atoms with E-state index >= 15 is 0 Å². The van der Waals surface area contributed by atoms with E-state index in [0.29, 0.717) is 6.07 Å². The molecule has 1 heterocycles. The van der Waals surface area contributed by atoms with Gasteiger partial charge in [0.25, 0.3) is 10.0 Å². The molecule has 2 rings (SSSR count). The molecule has 0 aliphatic carbocycles. The van der Waals surface area contributed by atoms with Gasteiger partial charge in [-0.05, 0) is 6.07 Å². The highest BCUT2D eigenvalue weighted by Crippen LogP contribution is 2.22. The molecule has 112 valence electrons. The Morgan fingerprint density at radius 3 is 2.29 bits per heavy atom. The van der Waals surface area contributed by atoms with Crippen molar-refractivity contribution in [1.29, 1.82) is 0 Å². The summed E-state index contributed by atoms with van der Waals surface area (Å²) in [6.45, 7) is 0. The van der Waals surface area contributed by atoms with Crippen molar-refractivity contribution in [2.75, 3.05) is 4.72 Å². The second kappa shape index (κ2) is 5.13. The normalized spacial score (nSPS) is 11.4. The lowest BCUT2D eigenvalue weighted by atomic mass is 10.3. The second-order valence-corrected chi connectivity index (χ2v) is 5.59. The van der Waals surface area contributed by atoms with Gasteiger partial charge in [-0.25, -0.2) is 26.4 Å². The number of sulfonamides is 1. The molecule has 0 fully saturated rings. The number of aromatic amines is 1. The fraction of sp³-hybridized carbons (Fsp3) is 0. The van der Waals surface area contributed by atoms with Crippen molar-refractivity contribution in [3.8, 4) is 0 Å². The zero-order valence-corrected chi connectivity index (χ0v) is 10.8. The van der Waals surface area contributed by atoms with Crippen molar-refractivity contribution in [3.63, 3.8) is 0 Å². The van der Waals surface area contributed by atoms with Gasteiger partial charge in [-0.3, -0.25) is 4.72 Å². The number of nitrogens with one attached hydrogen (secondary N) is 2. The van der Waals surface area contributed by atoms with E-state index in [2.05, 4.69) is 4.98 Å². The van der Waals surface area contributed by atoms with Crippen LogP contribution >= 0.6 is 0 Å². The molecule has 0 saturated heterocycles. The summed E-state index contributed by atoms with van der Waals surface area (Å²) >= 11 is 0. The van der Waals surface area contributed by atoms with Gasteiger partial charge in [0.05, 0.1) is 5.69 Å². The number of halogens is 3. The van der Waals surface area contributed by atoms with Gasteiger partial charge in [0.15, 0.2) is 11.6 Å². The van der Waals surface area contributed by atoms with Crippen LogP contribution in [0.2, 0.25) is 0 Å². The number of carboxylic acid groups (broad SMARTS) is 1. The Morgan fingerprint density at radius 2 is 1.71 bits per heavy atom. The fourth-order valence-electron chi connectivity index (χ4n) is 1.46. The Kier molecular flexibility index (Phi) is 3.64. The van der Waals surface area contributed by atoms with Crippen LogP contribution in [0.4, 0.5) is 18.9 Å². The van der Waals surface area contributed by atoms with E-state index in [9.17, 15) is 26.4 Å². The van der Waals surface area contributed by atoms with Gasteiger partial charge in [-0.1, -0.05) is 0 Å². The number of aromatic carboxylic acids is 1. The third-order valence-corrected chi connectivity index (χ3v) is 3.80. The highest BCUT2D eigenvalue weighted by molar-refractivity contribution is 7.92. The summed E-state index contributed by atoms with van der Waals surface area (Å²) in [5.41, 5.74) is -1.20. The quantitative estimate of drug-likeness (QED) is 0.750. The van der Waals surface area contributed by atoms with E-state index < -0.39 is 49.7 Å². The van der Waals surface area contributed by atoms with E-state index in [1.54, 1.807) is 4.72 Å². The highest BCUT2D eigenvalue weighted by Gasteiger charge is 2.21. The summed E-state index contributed by atoms with van der Waals surface area (Å²) < 4.78 is 64.6. The summed E-state index contributed by atoms with van der Waals surface area (Å²) in [5.74, 6) is -5.61. The molecule has 21 heavy (non-hydrogen) atoms. The number of benzene rings is 1. The van der Waals surface area contributed by atoms with Gasteiger partial charge in [0, 0.05) is 18.3 Å². The first-order chi connectivity index (χ1) is 9.70. The standard InChI is InChI=1S/C11H7F3N2O4S/c12-6-2-8(14)9(3-7(6)13)16-21(19,20)5-1-10(11(17)18)15-4-5/h1-4,15-16H,(H,17,18). The zero-order chi connectivity index (χ0) is 15.8. The van der Waals surface area contributed by atoms with Crippen molar-refractivity contribution >= 4 is 21.7 Å². The number of H-pyrrole nitrogens is 1. The molecule has 0 aliphatic rings. The number of aromatic nitrogens is 1. The van der Waals surface area contributed by atoms with Gasteiger partial charge in [0.1, 0.15) is 16.4 Å². The average molecular weight is 320 g/mol. The molecule has 0 atom stereocenters. The lowest BCUT2D eigenvalue weighted by Gasteiger charge is -2.07. The van der Waals surface area contributed by atoms with E-state index in [1.807, 2.05) is 0 Å². The average Bonchev–Trinajstić information content (AvgIpc) is 2.86. The number of carboxylic acids is 1. The van der Waals surface area contributed by atoms with Crippen LogP contribution in [-0.2, 0) is 10.0 Å². The molecule has 3 N–H and O–H groups in total. The van der Waals surface area contributed by atoms with Crippen LogP contribution in [0.1, 0.15) is 10.5 Å². The molecule has 6 nitrogen and oxygen atoms in total. The summed E-state index contributed by atoms with van der Waals surface area (Å²) in [5, 5.41) is 8.67. The van der Waals surface area contributed by atoms with Gasteiger partial charge in [-0.15, -0.1) is 0 Å². The number of carbonyl (C=O) groups is 1. The Bertz CT molecular complexity index is 817. The van der Waals surface area contributed by atoms with Gasteiger partial charge >= 0.3 is 5.97 Å². The number of rotatable bonds is 4. The molecular formula is C11H7F3N2O4S. The lowest BCUT2D eigenvalue weighted by molar-refractivity contribution is 0.0691. The van der Waals surface area contributed by atoms with Crippen LogP contribution in [0.5, 0.6) is 0 Å². The molecule has 1 aromatic carbocycles. The van der Waals surface area contributed by atoms with Crippen LogP contribution in [0.15, 0.2) is 29.3 Å². The van der Waals surface area contributed by atoms with Crippen LogP contribution < -0.4 is 4.72 Å². The van der Waals surface area contributed by atoms with E-state index in [4.69, 9.17) is 5.11 Å². The van der Waals surface area contributed by atoms with Crippen molar-refractivity contribution < 1.29 is 31.5 Å². The summed E-state index contributed by atoms with van der Waals surface area (Å²) in [6.07, 6.45) is 0.865. The Balaban J connectivity index is 2.37. The first kappa shape index (κ1) is 14.9. The maximum atomic E-state index is 13.4. The van der Waals surface area contributed by atoms with Crippen molar-refractivity contribution in [2.45, 2.75) is 4.90 Å². The predicted octanol–water partition coefficient (Wildman–Crippen LogP) is 1.93. The third kappa shape index (κ3) is 2.99. The molecule has 1 aromatic heterocycles. The van der Waals surface area contributed by atoms with Gasteiger partial charge in [-0.2, -0.15) is 0 Å². The van der Waals surface area contributed by atoms with Crippen LogP contribution in [0.3, 0.4) is 0 Å². The molecule has 0 bridgehead atoms. The van der Waals surface area contributed by atoms with Crippen LogP contribution in [0.25, 0.3) is 0 Å². The number of hydrogen-bond donors (Lipinski definition) is 3. The minimum absolute atomic E-state index is 0.187. The van der Waals surface area contributed by atoms with Crippen LogP contribution in [0, 0.1) is 17.5 Å². The Labute approximate surface area is 116 Å². The molecule has 0 aliphatic heterocycles. The summed E-state index contributed by atoms with van der Waals surface area (Å²) in [6, 6.07) is 1.32. The Hall–Kier alpha value is -2.49. The summed E-state index contributed by atoms with van der Waals surface area (Å²) in [4.78, 5) is 12.3. The molecule has 0 spiro atoms. The topological polar surface area (TPSA) is 99.3 Å². The van der Waals surface area contributed by atoms with Crippen LogP contribution in [-0.4, -0.2) is 24.5 Å². The first-order valence-electron chi connectivity index (χ1n) is 5.30. The molecule has 10 heteroatoms. The number of anilines is 1. The maximum absolute atomic E-state index is 13.4. The van der Waals surface area contributed by atoms with E-state index in [-0.39, 0.29) is 6.07 Å². The molecule has 2 aromatic rings. The Morgan fingerprint density at radius 1 is 1.10 bits per heavy atom. The third-order valence-electron chi connectivity index (χ3n) is 2.45. The maximum Gasteiger partial charge on any atom is 0.352 e. The van der Waals surface area contributed by atoms with Crippen molar-refractivity contribution in [2.24, 2.45) is 0 Å². The van der Waals surface area contributed by atoms with Gasteiger partial charge < -0.3 is 10.1 Å². The molecule has 0 saturated carbocycles. The van der Waals surface area contributed by atoms with Gasteiger partial charge in [0.2, 0.25) is 0 Å². The SMILES string of the molecule is O=C(O)c1cc(S(=O)(=O)Nc2cc(F)c(F)cc2F)c[nH]1. The monoisotopic (exact) mass is 320 g/mol. The van der Waals surface area contributed by atoms with E-state index in [0.717, 1.165) is 12.3 Å². The fourth-order valence-corrected chi connectivity index (χ4v) is 2.51. The smallest absolute Gasteiger partial charge is 0.352 e. The molecular weight excluding hydrogens is 313 g/mol. The van der Waals surface area contributed by atoms with Crippen molar-refractivity contribution in [3.05, 3.63) is 47.5 Å². The predicted molar refractivity (Wildman–Crippen MR) is 64.9 cm³/mol. The highest BCUT2D eigenvalue weighted by atomic mass is 32.2.